The van der Waals surface area contributed by atoms with E-state index in [9.17, 15) is 4.39 Å². The monoisotopic (exact) mass is 324 g/mol. The van der Waals surface area contributed by atoms with E-state index in [1.54, 1.807) is 19.2 Å². The minimum absolute atomic E-state index is 0.252. The maximum Gasteiger partial charge on any atom is 0.165 e. The SMILES string of the molecule is COc1ccc(Br)cc1COc1cc(C)ccc1F. The summed E-state index contributed by atoms with van der Waals surface area (Å²) < 4.78 is 25.3. The highest BCUT2D eigenvalue weighted by atomic mass is 79.9. The summed E-state index contributed by atoms with van der Waals surface area (Å²) in [5.74, 6) is 0.609. The Labute approximate surface area is 120 Å². The number of aryl methyl sites for hydroxylation is 1. The molecule has 0 N–H and O–H groups in total. The third-order valence-electron chi connectivity index (χ3n) is 2.71. The summed E-state index contributed by atoms with van der Waals surface area (Å²) in [6, 6.07) is 10.4. The highest BCUT2D eigenvalue weighted by Crippen LogP contribution is 2.26. The smallest absolute Gasteiger partial charge is 0.165 e. The summed E-state index contributed by atoms with van der Waals surface area (Å²) in [5.41, 5.74) is 1.82. The molecule has 0 aliphatic carbocycles. The topological polar surface area (TPSA) is 18.5 Å². The van der Waals surface area contributed by atoms with Gasteiger partial charge in [0.05, 0.1) is 7.11 Å². The molecule has 0 saturated carbocycles. The maximum atomic E-state index is 13.6. The van der Waals surface area contributed by atoms with E-state index in [0.717, 1.165) is 21.3 Å². The van der Waals surface area contributed by atoms with Crippen molar-refractivity contribution in [3.05, 3.63) is 57.8 Å². The first-order chi connectivity index (χ1) is 9.10. The van der Waals surface area contributed by atoms with Crippen LogP contribution in [0.25, 0.3) is 0 Å². The molecule has 0 heterocycles. The first kappa shape index (κ1) is 13.9. The van der Waals surface area contributed by atoms with E-state index >= 15 is 0 Å². The first-order valence-electron chi connectivity index (χ1n) is 5.81. The molecule has 100 valence electrons. The highest BCUT2D eigenvalue weighted by molar-refractivity contribution is 9.10. The van der Waals surface area contributed by atoms with Gasteiger partial charge in [-0.15, -0.1) is 0 Å². The van der Waals surface area contributed by atoms with Crippen LogP contribution in [0.3, 0.4) is 0 Å². The number of hydrogen-bond acceptors (Lipinski definition) is 2. The van der Waals surface area contributed by atoms with Crippen LogP contribution in [0.4, 0.5) is 4.39 Å². The molecular weight excluding hydrogens is 311 g/mol. The number of hydrogen-bond donors (Lipinski definition) is 0. The van der Waals surface area contributed by atoms with Gasteiger partial charge in [0.15, 0.2) is 11.6 Å². The minimum Gasteiger partial charge on any atom is -0.496 e. The second-order valence-corrected chi connectivity index (χ2v) is 5.09. The maximum absolute atomic E-state index is 13.6. The molecule has 2 nitrogen and oxygen atoms in total. The standard InChI is InChI=1S/C15H14BrFO2/c1-10-3-5-13(17)15(7-10)19-9-11-8-12(16)4-6-14(11)18-2/h3-8H,9H2,1-2H3. The Morgan fingerprint density at radius 2 is 1.89 bits per heavy atom. The summed E-state index contributed by atoms with van der Waals surface area (Å²) in [5, 5.41) is 0. The second-order valence-electron chi connectivity index (χ2n) is 4.18. The van der Waals surface area contributed by atoms with E-state index in [1.165, 1.54) is 6.07 Å². The van der Waals surface area contributed by atoms with Crippen molar-refractivity contribution in [2.24, 2.45) is 0 Å². The van der Waals surface area contributed by atoms with Gasteiger partial charge >= 0.3 is 0 Å². The van der Waals surface area contributed by atoms with Crippen molar-refractivity contribution in [3.8, 4) is 11.5 Å². The lowest BCUT2D eigenvalue weighted by Crippen LogP contribution is -2.00. The van der Waals surface area contributed by atoms with Crippen LogP contribution in [0.5, 0.6) is 11.5 Å². The lowest BCUT2D eigenvalue weighted by molar-refractivity contribution is 0.282. The van der Waals surface area contributed by atoms with Gasteiger partial charge in [0, 0.05) is 10.0 Å². The number of rotatable bonds is 4. The van der Waals surface area contributed by atoms with Crippen LogP contribution in [0.2, 0.25) is 0 Å². The predicted octanol–water partition coefficient (Wildman–Crippen LogP) is 4.48. The number of methoxy groups -OCH3 is 1. The van der Waals surface area contributed by atoms with Crippen molar-refractivity contribution in [1.29, 1.82) is 0 Å². The van der Waals surface area contributed by atoms with Gasteiger partial charge in [0.25, 0.3) is 0 Å². The molecule has 19 heavy (non-hydrogen) atoms. The summed E-state index contributed by atoms with van der Waals surface area (Å²) in [4.78, 5) is 0. The molecule has 0 atom stereocenters. The lowest BCUT2D eigenvalue weighted by Gasteiger charge is -2.11. The molecule has 2 aromatic rings. The number of benzene rings is 2. The van der Waals surface area contributed by atoms with E-state index in [2.05, 4.69) is 15.9 Å². The molecule has 0 amide bonds. The molecule has 0 aliphatic heterocycles. The molecule has 0 spiro atoms. The second kappa shape index (κ2) is 6.06. The fraction of sp³-hybridized carbons (Fsp3) is 0.200. The molecule has 4 heteroatoms. The van der Waals surface area contributed by atoms with Gasteiger partial charge in [-0.1, -0.05) is 22.0 Å². The molecule has 0 radical (unpaired) electrons. The molecule has 0 bridgehead atoms. The molecule has 0 aliphatic rings. The van der Waals surface area contributed by atoms with Crippen molar-refractivity contribution < 1.29 is 13.9 Å². The van der Waals surface area contributed by atoms with Crippen LogP contribution in [-0.2, 0) is 6.61 Å². The molecule has 0 unspecified atom stereocenters. The van der Waals surface area contributed by atoms with Crippen LogP contribution in [0.1, 0.15) is 11.1 Å². The number of halogens is 2. The van der Waals surface area contributed by atoms with Crippen molar-refractivity contribution in [2.75, 3.05) is 7.11 Å². The minimum atomic E-state index is -0.362. The van der Waals surface area contributed by atoms with Gasteiger partial charge in [0.2, 0.25) is 0 Å². The Bertz CT molecular complexity index is 584. The third-order valence-corrected chi connectivity index (χ3v) is 3.21. The lowest BCUT2D eigenvalue weighted by atomic mass is 10.2. The van der Waals surface area contributed by atoms with Crippen molar-refractivity contribution >= 4 is 15.9 Å². The van der Waals surface area contributed by atoms with E-state index in [0.29, 0.717) is 0 Å². The van der Waals surface area contributed by atoms with Gasteiger partial charge < -0.3 is 9.47 Å². The summed E-state index contributed by atoms with van der Waals surface area (Å²) in [6.07, 6.45) is 0. The molecule has 0 aromatic heterocycles. The van der Waals surface area contributed by atoms with E-state index in [-0.39, 0.29) is 18.2 Å². The van der Waals surface area contributed by atoms with Crippen LogP contribution >= 0.6 is 15.9 Å². The van der Waals surface area contributed by atoms with Crippen molar-refractivity contribution in [3.63, 3.8) is 0 Å². The molecular formula is C15H14BrFO2. The Morgan fingerprint density at radius 1 is 1.11 bits per heavy atom. The Hall–Kier alpha value is -1.55. The Morgan fingerprint density at radius 3 is 2.63 bits per heavy atom. The quantitative estimate of drug-likeness (QED) is 0.825. The summed E-state index contributed by atoms with van der Waals surface area (Å²) in [6.45, 7) is 2.15. The van der Waals surface area contributed by atoms with Gasteiger partial charge in [-0.05, 0) is 42.8 Å². The third kappa shape index (κ3) is 3.47. The zero-order valence-electron chi connectivity index (χ0n) is 10.7. The average Bonchev–Trinajstić information content (AvgIpc) is 2.40. The zero-order chi connectivity index (χ0) is 13.8. The van der Waals surface area contributed by atoms with Gasteiger partial charge in [-0.3, -0.25) is 0 Å². The molecule has 2 aromatic carbocycles. The fourth-order valence-electron chi connectivity index (χ4n) is 1.74. The van der Waals surface area contributed by atoms with E-state index < -0.39 is 0 Å². The van der Waals surface area contributed by atoms with E-state index in [1.807, 2.05) is 25.1 Å². The Balaban J connectivity index is 2.18. The largest absolute Gasteiger partial charge is 0.496 e. The van der Waals surface area contributed by atoms with Crippen molar-refractivity contribution in [1.82, 2.24) is 0 Å². The summed E-state index contributed by atoms with van der Waals surface area (Å²) >= 11 is 3.39. The van der Waals surface area contributed by atoms with Crippen LogP contribution in [-0.4, -0.2) is 7.11 Å². The number of ether oxygens (including phenoxy) is 2. The van der Waals surface area contributed by atoms with Gasteiger partial charge in [0.1, 0.15) is 12.4 Å². The van der Waals surface area contributed by atoms with Crippen LogP contribution in [0, 0.1) is 12.7 Å². The zero-order valence-corrected chi connectivity index (χ0v) is 12.3. The summed E-state index contributed by atoms with van der Waals surface area (Å²) in [7, 11) is 1.60. The normalized spacial score (nSPS) is 10.3. The predicted molar refractivity (Wildman–Crippen MR) is 76.2 cm³/mol. The van der Waals surface area contributed by atoms with Gasteiger partial charge in [-0.25, -0.2) is 4.39 Å². The van der Waals surface area contributed by atoms with Crippen LogP contribution < -0.4 is 9.47 Å². The van der Waals surface area contributed by atoms with Crippen LogP contribution in [0.15, 0.2) is 40.9 Å². The van der Waals surface area contributed by atoms with Gasteiger partial charge in [-0.2, -0.15) is 0 Å². The molecule has 0 fully saturated rings. The molecule has 0 saturated heterocycles. The first-order valence-corrected chi connectivity index (χ1v) is 6.61. The average molecular weight is 325 g/mol. The highest BCUT2D eigenvalue weighted by Gasteiger charge is 2.07. The molecule has 2 rings (SSSR count). The van der Waals surface area contributed by atoms with E-state index in [4.69, 9.17) is 9.47 Å². The Kier molecular flexibility index (Phi) is 4.43. The van der Waals surface area contributed by atoms with Crippen molar-refractivity contribution in [2.45, 2.75) is 13.5 Å². The fourth-order valence-corrected chi connectivity index (χ4v) is 2.15.